The van der Waals surface area contributed by atoms with Gasteiger partial charge in [0.15, 0.2) is 0 Å². The van der Waals surface area contributed by atoms with E-state index in [1.54, 1.807) is 84.9 Å². The lowest BCUT2D eigenvalue weighted by Crippen LogP contribution is -2.30. The first-order valence-electron chi connectivity index (χ1n) is 9.89. The summed E-state index contributed by atoms with van der Waals surface area (Å²) < 4.78 is 4.63. The molecule has 0 aliphatic heterocycles. The Kier molecular flexibility index (Phi) is 8.69. The summed E-state index contributed by atoms with van der Waals surface area (Å²) in [5.74, 6) is -1.02. The van der Waals surface area contributed by atoms with Crippen LogP contribution in [0.25, 0.3) is 6.08 Å². The molecule has 0 bridgehead atoms. The minimum atomic E-state index is -0.491. The zero-order chi connectivity index (χ0) is 23.6. The molecule has 0 spiro atoms. The molecule has 0 radical (unpaired) electrons. The Morgan fingerprint density at radius 2 is 1.70 bits per heavy atom. The van der Waals surface area contributed by atoms with Crippen LogP contribution in [0.5, 0.6) is 0 Å². The molecule has 0 unspecified atom stereocenters. The summed E-state index contributed by atoms with van der Waals surface area (Å²) in [6.45, 7) is 0. The molecule has 0 aromatic heterocycles. The maximum absolute atomic E-state index is 13.0. The van der Waals surface area contributed by atoms with E-state index in [0.717, 1.165) is 4.90 Å². The van der Waals surface area contributed by atoms with E-state index in [0.29, 0.717) is 21.8 Å². The van der Waals surface area contributed by atoms with Crippen LogP contribution in [0.15, 0.2) is 89.5 Å². The van der Waals surface area contributed by atoms with E-state index in [9.17, 15) is 14.4 Å². The van der Waals surface area contributed by atoms with Gasteiger partial charge >= 0.3 is 5.97 Å². The first kappa shape index (κ1) is 24.1. The van der Waals surface area contributed by atoms with Crippen LogP contribution in [0, 0.1) is 0 Å². The number of amides is 2. The molecule has 3 rings (SSSR count). The molecule has 0 saturated carbocycles. The van der Waals surface area contributed by atoms with Crippen LogP contribution in [-0.4, -0.2) is 30.6 Å². The number of ether oxygens (including phenoxy) is 1. The Labute approximate surface area is 201 Å². The van der Waals surface area contributed by atoms with Crippen LogP contribution in [0.1, 0.15) is 15.9 Å². The van der Waals surface area contributed by atoms with Gasteiger partial charge in [-0.2, -0.15) is 0 Å². The lowest BCUT2D eigenvalue weighted by molar-refractivity contribution is -0.137. The highest BCUT2D eigenvalue weighted by molar-refractivity contribution is 8.00. The van der Waals surface area contributed by atoms with Crippen LogP contribution < -0.4 is 10.6 Å². The van der Waals surface area contributed by atoms with Gasteiger partial charge in [0.05, 0.1) is 12.9 Å². The third kappa shape index (κ3) is 7.52. The molecule has 8 heteroatoms. The van der Waals surface area contributed by atoms with E-state index < -0.39 is 11.8 Å². The second-order valence-electron chi connectivity index (χ2n) is 6.78. The monoisotopic (exact) mass is 480 g/mol. The third-order valence-corrected chi connectivity index (χ3v) is 5.61. The molecule has 168 valence electrons. The summed E-state index contributed by atoms with van der Waals surface area (Å²) >= 11 is 7.39. The highest BCUT2D eigenvalue weighted by Gasteiger charge is 2.15. The first-order valence-corrected chi connectivity index (χ1v) is 11.3. The number of hydrogen-bond donors (Lipinski definition) is 2. The van der Waals surface area contributed by atoms with Gasteiger partial charge in [-0.1, -0.05) is 41.9 Å². The summed E-state index contributed by atoms with van der Waals surface area (Å²) in [6, 6.07) is 22.6. The average Bonchev–Trinajstić information content (AvgIpc) is 2.83. The number of methoxy groups -OCH3 is 1. The topological polar surface area (TPSA) is 84.5 Å². The van der Waals surface area contributed by atoms with Crippen molar-refractivity contribution >= 4 is 52.9 Å². The van der Waals surface area contributed by atoms with Gasteiger partial charge in [0, 0.05) is 21.2 Å². The highest BCUT2D eigenvalue weighted by atomic mass is 35.5. The Morgan fingerprint density at radius 3 is 2.36 bits per heavy atom. The molecule has 0 atom stereocenters. The van der Waals surface area contributed by atoms with Crippen LogP contribution in [-0.2, 0) is 14.3 Å². The van der Waals surface area contributed by atoms with Gasteiger partial charge in [0.1, 0.15) is 5.70 Å². The maximum Gasteiger partial charge on any atom is 0.315 e. The molecule has 2 amide bonds. The zero-order valence-electron chi connectivity index (χ0n) is 17.7. The Balaban J connectivity index is 1.77. The SMILES string of the molecule is COC(=O)CSc1ccc(NC(=O)/C(=C/c2cccc(Cl)c2)NC(=O)c2ccccc2)cc1. The number of halogens is 1. The van der Waals surface area contributed by atoms with Crippen LogP contribution >= 0.6 is 23.4 Å². The Morgan fingerprint density at radius 1 is 0.970 bits per heavy atom. The summed E-state index contributed by atoms with van der Waals surface area (Å²) in [5.41, 5.74) is 1.69. The van der Waals surface area contributed by atoms with Crippen molar-refractivity contribution in [2.45, 2.75) is 4.90 Å². The Bertz CT molecular complexity index is 1160. The minimum absolute atomic E-state index is 0.0651. The van der Waals surface area contributed by atoms with Gasteiger partial charge in [0.25, 0.3) is 11.8 Å². The van der Waals surface area contributed by atoms with Crippen molar-refractivity contribution in [3.05, 3.63) is 101 Å². The molecule has 0 aliphatic rings. The fourth-order valence-electron chi connectivity index (χ4n) is 2.74. The number of benzene rings is 3. The summed E-state index contributed by atoms with van der Waals surface area (Å²) in [4.78, 5) is 37.8. The van der Waals surface area contributed by atoms with E-state index in [-0.39, 0.29) is 17.4 Å². The second kappa shape index (κ2) is 11.9. The smallest absolute Gasteiger partial charge is 0.315 e. The van der Waals surface area contributed by atoms with E-state index in [1.165, 1.54) is 18.9 Å². The van der Waals surface area contributed by atoms with E-state index in [1.807, 2.05) is 0 Å². The molecule has 0 aliphatic carbocycles. The quantitative estimate of drug-likeness (QED) is 0.269. The number of carbonyl (C=O) groups excluding carboxylic acids is 3. The number of rotatable bonds is 8. The average molecular weight is 481 g/mol. The number of esters is 1. The number of thioether (sulfide) groups is 1. The van der Waals surface area contributed by atoms with E-state index in [2.05, 4.69) is 15.4 Å². The summed E-state index contributed by atoms with van der Waals surface area (Å²) in [6.07, 6.45) is 1.56. The predicted octanol–water partition coefficient (Wildman–Crippen LogP) is 5.01. The van der Waals surface area contributed by atoms with Crippen molar-refractivity contribution in [2.24, 2.45) is 0 Å². The highest BCUT2D eigenvalue weighted by Crippen LogP contribution is 2.21. The van der Waals surface area contributed by atoms with Gasteiger partial charge in [-0.25, -0.2) is 0 Å². The van der Waals surface area contributed by atoms with E-state index in [4.69, 9.17) is 11.6 Å². The van der Waals surface area contributed by atoms with Crippen molar-refractivity contribution in [2.75, 3.05) is 18.2 Å². The lowest BCUT2D eigenvalue weighted by Gasteiger charge is -2.12. The number of anilines is 1. The fraction of sp³-hybridized carbons (Fsp3) is 0.0800. The van der Waals surface area contributed by atoms with Gasteiger partial charge in [-0.05, 0) is 60.2 Å². The molecule has 0 heterocycles. The van der Waals surface area contributed by atoms with Crippen molar-refractivity contribution in [3.8, 4) is 0 Å². The van der Waals surface area contributed by atoms with Crippen LogP contribution in [0.4, 0.5) is 5.69 Å². The van der Waals surface area contributed by atoms with Gasteiger partial charge in [0.2, 0.25) is 0 Å². The van der Waals surface area contributed by atoms with Crippen LogP contribution in [0.3, 0.4) is 0 Å². The number of nitrogens with one attached hydrogen (secondary N) is 2. The largest absolute Gasteiger partial charge is 0.468 e. The molecule has 0 saturated heterocycles. The van der Waals surface area contributed by atoms with Crippen molar-refractivity contribution in [1.82, 2.24) is 5.32 Å². The number of hydrogen-bond acceptors (Lipinski definition) is 5. The van der Waals surface area contributed by atoms with Crippen molar-refractivity contribution < 1.29 is 19.1 Å². The molecule has 6 nitrogen and oxygen atoms in total. The summed E-state index contributed by atoms with van der Waals surface area (Å²) in [7, 11) is 1.34. The van der Waals surface area contributed by atoms with Crippen molar-refractivity contribution in [3.63, 3.8) is 0 Å². The first-order chi connectivity index (χ1) is 15.9. The van der Waals surface area contributed by atoms with Gasteiger partial charge in [-0.3, -0.25) is 14.4 Å². The Hall–Kier alpha value is -3.55. The fourth-order valence-corrected chi connectivity index (χ4v) is 3.67. The molecule has 3 aromatic carbocycles. The molecular weight excluding hydrogens is 460 g/mol. The molecule has 0 fully saturated rings. The van der Waals surface area contributed by atoms with E-state index >= 15 is 0 Å². The maximum atomic E-state index is 13.0. The second-order valence-corrected chi connectivity index (χ2v) is 8.26. The lowest BCUT2D eigenvalue weighted by atomic mass is 10.1. The third-order valence-electron chi connectivity index (χ3n) is 4.39. The van der Waals surface area contributed by atoms with Gasteiger partial charge in [-0.15, -0.1) is 11.8 Å². The normalized spacial score (nSPS) is 10.9. The minimum Gasteiger partial charge on any atom is -0.468 e. The molecule has 3 aromatic rings. The van der Waals surface area contributed by atoms with Crippen molar-refractivity contribution in [1.29, 1.82) is 0 Å². The zero-order valence-corrected chi connectivity index (χ0v) is 19.3. The predicted molar refractivity (Wildman–Crippen MR) is 131 cm³/mol. The van der Waals surface area contributed by atoms with Gasteiger partial charge < -0.3 is 15.4 Å². The molecule has 2 N–H and O–H groups in total. The standard InChI is InChI=1S/C25H21ClN2O4S/c1-32-23(29)16-33-21-12-10-20(11-13-21)27-25(31)22(15-17-6-5-9-19(26)14-17)28-24(30)18-7-3-2-4-8-18/h2-15H,16H2,1H3,(H,27,31)(H,28,30)/b22-15-. The molecule has 33 heavy (non-hydrogen) atoms. The number of carbonyl (C=O) groups is 3. The molecular formula is C25H21ClN2O4S. The van der Waals surface area contributed by atoms with Crippen LogP contribution in [0.2, 0.25) is 5.02 Å². The summed E-state index contributed by atoms with van der Waals surface area (Å²) in [5, 5.41) is 5.98.